The van der Waals surface area contributed by atoms with Gasteiger partial charge < -0.3 is 15.1 Å². The fourth-order valence-corrected chi connectivity index (χ4v) is 3.14. The molecule has 1 aliphatic rings. The van der Waals surface area contributed by atoms with Crippen molar-refractivity contribution in [2.24, 2.45) is 0 Å². The molecule has 7 nitrogen and oxygen atoms in total. The summed E-state index contributed by atoms with van der Waals surface area (Å²) in [6, 6.07) is 2.00. The summed E-state index contributed by atoms with van der Waals surface area (Å²) >= 11 is 0. The number of nitrogens with one attached hydrogen (secondary N) is 1. The van der Waals surface area contributed by atoms with Crippen molar-refractivity contribution in [2.45, 2.75) is 32.7 Å². The number of anilines is 2. The summed E-state index contributed by atoms with van der Waals surface area (Å²) in [6.45, 7) is 5.25. The monoisotopic (exact) mass is 372 g/mol. The van der Waals surface area contributed by atoms with Crippen LogP contribution in [0, 0.1) is 5.82 Å². The van der Waals surface area contributed by atoms with Crippen LogP contribution in [0.1, 0.15) is 35.5 Å². The van der Waals surface area contributed by atoms with Crippen molar-refractivity contribution in [2.75, 3.05) is 37.0 Å². The number of carbonyl (C=O) groups is 1. The van der Waals surface area contributed by atoms with Gasteiger partial charge in [0.15, 0.2) is 5.82 Å². The maximum absolute atomic E-state index is 13.1. The predicted molar refractivity (Wildman–Crippen MR) is 103 cm³/mol. The number of hydrogen-bond acceptors (Lipinski definition) is 6. The van der Waals surface area contributed by atoms with Gasteiger partial charge in [-0.15, -0.1) is 0 Å². The van der Waals surface area contributed by atoms with Gasteiger partial charge in [-0.25, -0.2) is 19.3 Å². The van der Waals surface area contributed by atoms with Crippen molar-refractivity contribution < 1.29 is 9.18 Å². The number of rotatable bonds is 4. The molecule has 0 atom stereocenters. The van der Waals surface area contributed by atoms with Gasteiger partial charge in [-0.1, -0.05) is 0 Å². The van der Waals surface area contributed by atoms with E-state index in [0.29, 0.717) is 36.8 Å². The first-order chi connectivity index (χ1) is 12.8. The summed E-state index contributed by atoms with van der Waals surface area (Å²) in [5.74, 6) is 0.607. The highest BCUT2D eigenvalue weighted by atomic mass is 19.1. The van der Waals surface area contributed by atoms with Crippen molar-refractivity contribution in [1.29, 1.82) is 0 Å². The van der Waals surface area contributed by atoms with Gasteiger partial charge >= 0.3 is 0 Å². The molecule has 8 heteroatoms. The first kappa shape index (κ1) is 19.0. The Bertz CT molecular complexity index is 822. The highest BCUT2D eigenvalue weighted by Crippen LogP contribution is 2.24. The van der Waals surface area contributed by atoms with E-state index in [0.717, 1.165) is 17.7 Å². The Hall–Kier alpha value is -2.77. The number of carbonyl (C=O) groups excluding carboxylic acids is 1. The molecule has 1 amide bonds. The Morgan fingerprint density at radius 2 is 1.89 bits per heavy atom. The van der Waals surface area contributed by atoms with Crippen LogP contribution in [0.15, 0.2) is 18.5 Å². The number of fused-ring (bicyclic) bond motifs is 1. The quantitative estimate of drug-likeness (QED) is 0.883. The van der Waals surface area contributed by atoms with Crippen LogP contribution in [-0.2, 0) is 12.8 Å². The van der Waals surface area contributed by atoms with E-state index in [2.05, 4.69) is 15.3 Å². The summed E-state index contributed by atoms with van der Waals surface area (Å²) in [5.41, 5.74) is 2.61. The van der Waals surface area contributed by atoms with Crippen molar-refractivity contribution in [3.63, 3.8) is 0 Å². The zero-order valence-corrected chi connectivity index (χ0v) is 16.2. The summed E-state index contributed by atoms with van der Waals surface area (Å²) in [6.07, 6.45) is 3.79. The van der Waals surface area contributed by atoms with Crippen LogP contribution in [0.3, 0.4) is 0 Å². The van der Waals surface area contributed by atoms with E-state index in [-0.39, 0.29) is 11.9 Å². The van der Waals surface area contributed by atoms with Gasteiger partial charge in [-0.3, -0.25) is 4.79 Å². The first-order valence-corrected chi connectivity index (χ1v) is 9.08. The smallest absolute Gasteiger partial charge is 0.255 e. The van der Waals surface area contributed by atoms with E-state index in [1.54, 1.807) is 0 Å². The van der Waals surface area contributed by atoms with Gasteiger partial charge in [0.25, 0.3) is 5.91 Å². The van der Waals surface area contributed by atoms with E-state index in [1.807, 2.05) is 43.8 Å². The molecule has 0 aliphatic carbocycles. The molecule has 0 spiro atoms. The topological polar surface area (TPSA) is 74.2 Å². The highest BCUT2D eigenvalue weighted by Gasteiger charge is 2.23. The number of hydrogen-bond donors (Lipinski definition) is 1. The normalized spacial score (nSPS) is 13.9. The van der Waals surface area contributed by atoms with Gasteiger partial charge in [0, 0.05) is 45.3 Å². The average Bonchev–Trinajstić information content (AvgIpc) is 2.83. The van der Waals surface area contributed by atoms with Crippen molar-refractivity contribution in [3.8, 4) is 0 Å². The Labute approximate surface area is 158 Å². The average molecular weight is 372 g/mol. The molecule has 3 heterocycles. The summed E-state index contributed by atoms with van der Waals surface area (Å²) in [4.78, 5) is 29.4. The molecule has 1 aliphatic heterocycles. The molecule has 2 aromatic heterocycles. The fraction of sp³-hybridized carbons (Fsp3) is 0.474. The Balaban J connectivity index is 1.89. The first-order valence-electron chi connectivity index (χ1n) is 9.08. The summed E-state index contributed by atoms with van der Waals surface area (Å²) < 4.78 is 13.1. The lowest BCUT2D eigenvalue weighted by Gasteiger charge is -2.19. The molecular formula is C19H25FN6O. The standard InChI is InChI=1S/C19H25FN6O/c1-12(2)23-18(27)15-9-13-5-7-26(19-21-10-14(20)11-22-19)8-6-16(13)24-17(15)25(3)4/h9-12H,5-8H2,1-4H3,(H,23,27). The number of aromatic nitrogens is 3. The highest BCUT2D eigenvalue weighted by molar-refractivity contribution is 5.99. The fourth-order valence-electron chi connectivity index (χ4n) is 3.14. The summed E-state index contributed by atoms with van der Waals surface area (Å²) in [5, 5.41) is 2.95. The second-order valence-corrected chi connectivity index (χ2v) is 7.18. The molecule has 0 unspecified atom stereocenters. The third kappa shape index (κ3) is 4.32. The third-order valence-corrected chi connectivity index (χ3v) is 4.42. The molecule has 0 aromatic carbocycles. The van der Waals surface area contributed by atoms with Gasteiger partial charge in [0.1, 0.15) is 5.82 Å². The Morgan fingerprint density at radius 1 is 1.22 bits per heavy atom. The number of halogens is 1. The van der Waals surface area contributed by atoms with E-state index >= 15 is 0 Å². The second-order valence-electron chi connectivity index (χ2n) is 7.18. The van der Waals surface area contributed by atoms with Crippen LogP contribution in [0.2, 0.25) is 0 Å². The minimum absolute atomic E-state index is 0.0532. The second kappa shape index (κ2) is 7.85. The Kier molecular flexibility index (Phi) is 5.53. The van der Waals surface area contributed by atoms with E-state index in [9.17, 15) is 9.18 Å². The van der Waals surface area contributed by atoms with Crippen LogP contribution < -0.4 is 15.1 Å². The van der Waals surface area contributed by atoms with Gasteiger partial charge in [-0.2, -0.15) is 0 Å². The molecule has 2 aromatic rings. The Morgan fingerprint density at radius 3 is 2.52 bits per heavy atom. The van der Waals surface area contributed by atoms with Gasteiger partial charge in [-0.05, 0) is 31.9 Å². The molecule has 27 heavy (non-hydrogen) atoms. The minimum Gasteiger partial charge on any atom is -0.362 e. The predicted octanol–water partition coefficient (Wildman–Crippen LogP) is 1.82. The van der Waals surface area contributed by atoms with E-state index in [1.165, 1.54) is 12.4 Å². The SMILES string of the molecule is CC(C)NC(=O)c1cc2c(nc1N(C)C)CCN(c1ncc(F)cn1)CC2. The molecule has 3 rings (SSSR count). The third-order valence-electron chi connectivity index (χ3n) is 4.42. The number of pyridine rings is 1. The van der Waals surface area contributed by atoms with E-state index < -0.39 is 5.82 Å². The van der Waals surface area contributed by atoms with Gasteiger partial charge in [0.2, 0.25) is 5.95 Å². The van der Waals surface area contributed by atoms with Crippen LogP contribution in [0.25, 0.3) is 0 Å². The lowest BCUT2D eigenvalue weighted by molar-refractivity contribution is 0.0943. The summed E-state index contributed by atoms with van der Waals surface area (Å²) in [7, 11) is 3.77. The maximum atomic E-state index is 13.1. The zero-order valence-electron chi connectivity index (χ0n) is 16.2. The molecule has 0 saturated carbocycles. The molecule has 0 fully saturated rings. The maximum Gasteiger partial charge on any atom is 0.255 e. The lowest BCUT2D eigenvalue weighted by Crippen LogP contribution is -2.32. The molecular weight excluding hydrogens is 347 g/mol. The lowest BCUT2D eigenvalue weighted by atomic mass is 10.0. The molecule has 0 bridgehead atoms. The van der Waals surface area contributed by atoms with Crippen molar-refractivity contribution in [3.05, 3.63) is 41.1 Å². The largest absolute Gasteiger partial charge is 0.362 e. The van der Waals surface area contributed by atoms with Crippen molar-refractivity contribution >= 4 is 17.7 Å². The molecule has 144 valence electrons. The van der Waals surface area contributed by atoms with Crippen molar-refractivity contribution in [1.82, 2.24) is 20.3 Å². The number of nitrogens with zero attached hydrogens (tertiary/aromatic N) is 5. The molecule has 0 saturated heterocycles. The minimum atomic E-state index is -0.449. The van der Waals surface area contributed by atoms with Crippen LogP contribution in [0.5, 0.6) is 0 Å². The van der Waals surface area contributed by atoms with Gasteiger partial charge in [0.05, 0.1) is 18.0 Å². The van der Waals surface area contributed by atoms with Crippen LogP contribution in [0.4, 0.5) is 16.2 Å². The van der Waals surface area contributed by atoms with Crippen LogP contribution >= 0.6 is 0 Å². The zero-order chi connectivity index (χ0) is 19.6. The molecule has 1 N–H and O–H groups in total. The molecule has 0 radical (unpaired) electrons. The number of amides is 1. The van der Waals surface area contributed by atoms with E-state index in [4.69, 9.17) is 4.98 Å². The van der Waals surface area contributed by atoms with Crippen LogP contribution in [-0.4, -0.2) is 54.1 Å².